The number of rotatable bonds is 3. The van der Waals surface area contributed by atoms with Crippen LogP contribution in [-0.2, 0) is 19.1 Å². The van der Waals surface area contributed by atoms with E-state index in [2.05, 4.69) is 0 Å². The third kappa shape index (κ3) is 3.54. The number of esters is 1. The minimum atomic E-state index is -0.863. The Morgan fingerprint density at radius 2 is 1.57 bits per heavy atom. The maximum absolute atomic E-state index is 12.6. The Kier molecular flexibility index (Phi) is 5.20. The lowest BCUT2D eigenvalue weighted by atomic mass is 9.78. The van der Waals surface area contributed by atoms with Gasteiger partial charge >= 0.3 is 11.9 Å². The Labute approximate surface area is 124 Å². The van der Waals surface area contributed by atoms with Gasteiger partial charge in [0.2, 0.25) is 5.91 Å². The summed E-state index contributed by atoms with van der Waals surface area (Å²) in [4.78, 5) is 37.1. The standard InChI is InChI=1S/C15H23NO5/c1-21-15(20)10-6-8-16(9-7-10)13(17)11-4-2-3-5-12(11)14(18)19/h10-12H,2-9H2,1H3,(H,18,19)/t11-,12+/m1/s1. The Morgan fingerprint density at radius 1 is 1.00 bits per heavy atom. The van der Waals surface area contributed by atoms with Gasteiger partial charge in [0, 0.05) is 13.1 Å². The predicted molar refractivity (Wildman–Crippen MR) is 74.4 cm³/mol. The fraction of sp³-hybridized carbons (Fsp3) is 0.800. The lowest BCUT2D eigenvalue weighted by molar-refractivity contribution is -0.154. The summed E-state index contributed by atoms with van der Waals surface area (Å²) in [5, 5.41) is 9.27. The molecular weight excluding hydrogens is 274 g/mol. The molecule has 0 spiro atoms. The van der Waals surface area contributed by atoms with Crippen LogP contribution in [0.1, 0.15) is 38.5 Å². The maximum Gasteiger partial charge on any atom is 0.308 e. The Hall–Kier alpha value is -1.59. The van der Waals surface area contributed by atoms with Crippen molar-refractivity contribution < 1.29 is 24.2 Å². The molecule has 1 saturated carbocycles. The van der Waals surface area contributed by atoms with Gasteiger partial charge in [0.25, 0.3) is 0 Å². The SMILES string of the molecule is COC(=O)C1CCN(C(=O)[C@@H]2CCCC[C@@H]2C(=O)O)CC1. The van der Waals surface area contributed by atoms with Gasteiger partial charge in [0.1, 0.15) is 0 Å². The molecule has 1 saturated heterocycles. The lowest BCUT2D eigenvalue weighted by Gasteiger charge is -2.36. The first-order chi connectivity index (χ1) is 10.0. The Morgan fingerprint density at radius 3 is 2.10 bits per heavy atom. The van der Waals surface area contributed by atoms with Crippen molar-refractivity contribution in [1.82, 2.24) is 4.90 Å². The van der Waals surface area contributed by atoms with Crippen molar-refractivity contribution in [2.24, 2.45) is 17.8 Å². The summed E-state index contributed by atoms with van der Waals surface area (Å²) in [6.45, 7) is 1.03. The van der Waals surface area contributed by atoms with Crippen molar-refractivity contribution in [3.63, 3.8) is 0 Å². The van der Waals surface area contributed by atoms with Crippen molar-refractivity contribution in [1.29, 1.82) is 0 Å². The van der Waals surface area contributed by atoms with E-state index < -0.39 is 17.8 Å². The molecule has 1 aliphatic carbocycles. The zero-order valence-electron chi connectivity index (χ0n) is 12.4. The van der Waals surface area contributed by atoms with Gasteiger partial charge in [-0.25, -0.2) is 0 Å². The number of hydrogen-bond donors (Lipinski definition) is 1. The van der Waals surface area contributed by atoms with Crippen molar-refractivity contribution in [2.45, 2.75) is 38.5 Å². The number of carbonyl (C=O) groups is 3. The number of carboxylic acid groups (broad SMARTS) is 1. The molecular formula is C15H23NO5. The third-order valence-electron chi connectivity index (χ3n) is 4.74. The first-order valence-corrected chi connectivity index (χ1v) is 7.64. The molecule has 2 atom stereocenters. The first kappa shape index (κ1) is 15.8. The number of piperidine rings is 1. The average molecular weight is 297 g/mol. The van der Waals surface area contributed by atoms with E-state index >= 15 is 0 Å². The van der Waals surface area contributed by atoms with E-state index in [0.717, 1.165) is 12.8 Å². The van der Waals surface area contributed by atoms with Crippen LogP contribution in [0, 0.1) is 17.8 Å². The van der Waals surface area contributed by atoms with E-state index in [1.807, 2.05) is 0 Å². The van der Waals surface area contributed by atoms with E-state index in [9.17, 15) is 19.5 Å². The quantitative estimate of drug-likeness (QED) is 0.794. The third-order valence-corrected chi connectivity index (χ3v) is 4.74. The summed E-state index contributed by atoms with van der Waals surface area (Å²) in [5.74, 6) is -2.22. The van der Waals surface area contributed by atoms with Crippen LogP contribution in [0.3, 0.4) is 0 Å². The number of likely N-dealkylation sites (tertiary alicyclic amines) is 1. The van der Waals surface area contributed by atoms with Crippen LogP contribution in [0.2, 0.25) is 0 Å². The van der Waals surface area contributed by atoms with Crippen molar-refractivity contribution in [2.75, 3.05) is 20.2 Å². The highest BCUT2D eigenvalue weighted by Crippen LogP contribution is 2.32. The van der Waals surface area contributed by atoms with Gasteiger partial charge in [0.15, 0.2) is 0 Å². The van der Waals surface area contributed by atoms with Crippen LogP contribution in [0.4, 0.5) is 0 Å². The van der Waals surface area contributed by atoms with Crippen LogP contribution in [0.25, 0.3) is 0 Å². The molecule has 1 amide bonds. The van der Waals surface area contributed by atoms with Crippen LogP contribution in [0.5, 0.6) is 0 Å². The van der Waals surface area contributed by atoms with E-state index in [1.165, 1.54) is 7.11 Å². The van der Waals surface area contributed by atoms with Gasteiger partial charge < -0.3 is 14.7 Å². The van der Waals surface area contributed by atoms with E-state index in [1.54, 1.807) is 4.90 Å². The van der Waals surface area contributed by atoms with Crippen LogP contribution in [-0.4, -0.2) is 48.1 Å². The molecule has 21 heavy (non-hydrogen) atoms. The minimum Gasteiger partial charge on any atom is -0.481 e. The highest BCUT2D eigenvalue weighted by molar-refractivity contribution is 5.85. The highest BCUT2D eigenvalue weighted by atomic mass is 16.5. The summed E-state index contributed by atoms with van der Waals surface area (Å²) < 4.78 is 4.73. The Bertz CT molecular complexity index is 414. The highest BCUT2D eigenvalue weighted by Gasteiger charge is 2.39. The topological polar surface area (TPSA) is 83.9 Å². The number of methoxy groups -OCH3 is 1. The molecule has 6 heteroatoms. The fourth-order valence-electron chi connectivity index (χ4n) is 3.46. The molecule has 1 heterocycles. The molecule has 1 aliphatic heterocycles. The second-order valence-electron chi connectivity index (χ2n) is 5.96. The van der Waals surface area contributed by atoms with Crippen molar-refractivity contribution in [3.8, 4) is 0 Å². The molecule has 0 bridgehead atoms. The number of carbonyl (C=O) groups excluding carboxylic acids is 2. The largest absolute Gasteiger partial charge is 0.481 e. The summed E-state index contributed by atoms with van der Waals surface area (Å²) in [6, 6.07) is 0. The molecule has 2 aliphatic rings. The lowest BCUT2D eigenvalue weighted by Crippen LogP contribution is -2.46. The van der Waals surface area contributed by atoms with Gasteiger partial charge in [-0.15, -0.1) is 0 Å². The van der Waals surface area contributed by atoms with Crippen LogP contribution < -0.4 is 0 Å². The van der Waals surface area contributed by atoms with Crippen LogP contribution >= 0.6 is 0 Å². The predicted octanol–water partition coefficient (Wildman–Crippen LogP) is 1.29. The molecule has 0 aromatic rings. The number of ether oxygens (including phenoxy) is 1. The molecule has 6 nitrogen and oxygen atoms in total. The fourth-order valence-corrected chi connectivity index (χ4v) is 3.46. The first-order valence-electron chi connectivity index (χ1n) is 7.64. The summed E-state index contributed by atoms with van der Waals surface area (Å²) in [5.41, 5.74) is 0. The Balaban J connectivity index is 1.94. The van der Waals surface area contributed by atoms with Crippen molar-refractivity contribution >= 4 is 17.8 Å². The van der Waals surface area contributed by atoms with Crippen molar-refractivity contribution in [3.05, 3.63) is 0 Å². The number of aliphatic carboxylic acids is 1. The molecule has 0 unspecified atom stereocenters. The average Bonchev–Trinajstić information content (AvgIpc) is 2.53. The second-order valence-corrected chi connectivity index (χ2v) is 5.96. The zero-order chi connectivity index (χ0) is 15.4. The molecule has 118 valence electrons. The van der Waals surface area contributed by atoms with Gasteiger partial charge in [0.05, 0.1) is 24.9 Å². The zero-order valence-corrected chi connectivity index (χ0v) is 12.4. The summed E-state index contributed by atoms with van der Waals surface area (Å²) >= 11 is 0. The minimum absolute atomic E-state index is 0.0505. The van der Waals surface area contributed by atoms with E-state index in [-0.39, 0.29) is 17.8 Å². The van der Waals surface area contributed by atoms with Gasteiger partial charge in [-0.05, 0) is 25.7 Å². The van der Waals surface area contributed by atoms with Gasteiger partial charge in [-0.1, -0.05) is 12.8 Å². The number of hydrogen-bond acceptors (Lipinski definition) is 4. The number of carboxylic acids is 1. The maximum atomic E-state index is 12.6. The van der Waals surface area contributed by atoms with E-state index in [4.69, 9.17) is 4.74 Å². The molecule has 0 radical (unpaired) electrons. The monoisotopic (exact) mass is 297 g/mol. The van der Waals surface area contributed by atoms with Gasteiger partial charge in [-0.3, -0.25) is 14.4 Å². The molecule has 2 rings (SSSR count). The number of amides is 1. The molecule has 1 N–H and O–H groups in total. The number of nitrogens with zero attached hydrogens (tertiary/aromatic N) is 1. The van der Waals surface area contributed by atoms with Crippen LogP contribution in [0.15, 0.2) is 0 Å². The molecule has 2 fully saturated rings. The molecule has 0 aromatic carbocycles. The summed E-state index contributed by atoms with van der Waals surface area (Å²) in [7, 11) is 1.37. The smallest absolute Gasteiger partial charge is 0.308 e. The summed E-state index contributed by atoms with van der Waals surface area (Å²) in [6.07, 6.45) is 4.24. The normalized spacial score (nSPS) is 27.2. The molecule has 0 aromatic heterocycles. The second kappa shape index (κ2) is 6.91. The van der Waals surface area contributed by atoms with Gasteiger partial charge in [-0.2, -0.15) is 0 Å². The van der Waals surface area contributed by atoms with E-state index in [0.29, 0.717) is 38.8 Å².